The first-order valence-corrected chi connectivity index (χ1v) is 6.19. The molecule has 0 bridgehead atoms. The number of pyridine rings is 1. The molecule has 1 fully saturated rings. The average molecular weight is 232 g/mol. The fourth-order valence-corrected chi connectivity index (χ4v) is 1.73. The minimum absolute atomic E-state index is 0.794. The van der Waals surface area contributed by atoms with Crippen LogP contribution in [0.4, 0.5) is 0 Å². The summed E-state index contributed by atoms with van der Waals surface area (Å²) < 4.78 is 5.17. The van der Waals surface area contributed by atoms with Gasteiger partial charge in [0.25, 0.3) is 0 Å². The largest absolute Gasteiger partial charge is 0.495 e. The van der Waals surface area contributed by atoms with Gasteiger partial charge in [0.15, 0.2) is 0 Å². The third-order valence-electron chi connectivity index (χ3n) is 3.01. The van der Waals surface area contributed by atoms with Crippen LogP contribution < -0.4 is 10.1 Å². The molecular weight excluding hydrogens is 212 g/mol. The number of ether oxygens (including phenoxy) is 1. The van der Waals surface area contributed by atoms with Gasteiger partial charge in [-0.2, -0.15) is 0 Å². The van der Waals surface area contributed by atoms with Crippen LogP contribution in [0.15, 0.2) is 24.5 Å². The predicted octanol–water partition coefficient (Wildman–Crippen LogP) is 2.64. The van der Waals surface area contributed by atoms with Crippen molar-refractivity contribution in [2.45, 2.75) is 32.2 Å². The van der Waals surface area contributed by atoms with Crippen molar-refractivity contribution in [3.63, 3.8) is 0 Å². The van der Waals surface area contributed by atoms with E-state index >= 15 is 0 Å². The molecule has 0 unspecified atom stereocenters. The van der Waals surface area contributed by atoms with Gasteiger partial charge in [0.2, 0.25) is 0 Å². The number of rotatable bonds is 6. The molecule has 0 aromatic carbocycles. The second-order valence-electron chi connectivity index (χ2n) is 4.52. The fourth-order valence-electron chi connectivity index (χ4n) is 1.73. The van der Waals surface area contributed by atoms with Gasteiger partial charge in [-0.15, -0.1) is 0 Å². The van der Waals surface area contributed by atoms with Crippen LogP contribution >= 0.6 is 0 Å². The zero-order valence-electron chi connectivity index (χ0n) is 10.6. The van der Waals surface area contributed by atoms with Crippen LogP contribution in [0.3, 0.4) is 0 Å². The zero-order valence-corrected chi connectivity index (χ0v) is 10.6. The predicted molar refractivity (Wildman–Crippen MR) is 70.1 cm³/mol. The normalized spacial score (nSPS) is 16.0. The van der Waals surface area contributed by atoms with Gasteiger partial charge in [-0.1, -0.05) is 6.08 Å². The number of nitrogens with zero attached hydrogens (tertiary/aromatic N) is 1. The molecule has 2 rings (SSSR count). The van der Waals surface area contributed by atoms with Crippen molar-refractivity contribution >= 4 is 5.57 Å². The zero-order chi connectivity index (χ0) is 12.1. The van der Waals surface area contributed by atoms with Crippen LogP contribution in [-0.2, 0) is 0 Å². The van der Waals surface area contributed by atoms with Crippen molar-refractivity contribution in [3.8, 4) is 5.75 Å². The lowest BCUT2D eigenvalue weighted by Gasteiger charge is -2.04. The lowest BCUT2D eigenvalue weighted by Crippen LogP contribution is -2.16. The lowest BCUT2D eigenvalue weighted by molar-refractivity contribution is 0.412. The van der Waals surface area contributed by atoms with E-state index in [2.05, 4.69) is 23.3 Å². The number of hydrogen-bond donors (Lipinski definition) is 1. The van der Waals surface area contributed by atoms with Crippen molar-refractivity contribution in [3.05, 3.63) is 30.1 Å². The van der Waals surface area contributed by atoms with Gasteiger partial charge in [0, 0.05) is 12.2 Å². The maximum absolute atomic E-state index is 5.17. The molecule has 0 aliphatic heterocycles. The molecule has 1 aliphatic carbocycles. The topological polar surface area (TPSA) is 34.1 Å². The van der Waals surface area contributed by atoms with Crippen molar-refractivity contribution in [2.24, 2.45) is 0 Å². The Morgan fingerprint density at radius 2 is 2.35 bits per heavy atom. The molecule has 3 nitrogen and oxygen atoms in total. The summed E-state index contributed by atoms with van der Waals surface area (Å²) in [5.41, 5.74) is 2.39. The molecule has 1 N–H and O–H groups in total. The molecule has 1 saturated carbocycles. The average Bonchev–Trinajstić information content (AvgIpc) is 3.18. The molecule has 0 radical (unpaired) electrons. The summed E-state index contributed by atoms with van der Waals surface area (Å²) in [6.07, 6.45) is 9.63. The van der Waals surface area contributed by atoms with Crippen LogP contribution in [0.25, 0.3) is 5.57 Å². The standard InChI is InChI=1S/C14H20N2O/c1-11(4-3-7-16-13-5-6-13)12-8-14(17-2)10-15-9-12/h4,8-10,13,16H,3,5-7H2,1-2H3/b11-4+. The smallest absolute Gasteiger partial charge is 0.137 e. The fraction of sp³-hybridized carbons (Fsp3) is 0.500. The molecule has 0 amide bonds. The van der Waals surface area contributed by atoms with E-state index in [1.54, 1.807) is 13.3 Å². The number of nitrogens with one attached hydrogen (secondary N) is 1. The minimum atomic E-state index is 0.794. The Labute approximate surface area is 103 Å². The van der Waals surface area contributed by atoms with E-state index in [1.807, 2.05) is 12.3 Å². The highest BCUT2D eigenvalue weighted by molar-refractivity contribution is 5.63. The van der Waals surface area contributed by atoms with Crippen LogP contribution in [0.1, 0.15) is 31.7 Å². The van der Waals surface area contributed by atoms with E-state index in [1.165, 1.54) is 18.4 Å². The summed E-state index contributed by atoms with van der Waals surface area (Å²) in [5, 5.41) is 3.50. The highest BCUT2D eigenvalue weighted by atomic mass is 16.5. The van der Waals surface area contributed by atoms with Gasteiger partial charge in [-0.25, -0.2) is 0 Å². The van der Waals surface area contributed by atoms with Gasteiger partial charge in [-0.3, -0.25) is 4.98 Å². The van der Waals surface area contributed by atoms with Crippen LogP contribution in [0, 0.1) is 0 Å². The summed E-state index contributed by atoms with van der Waals surface area (Å²) in [7, 11) is 1.67. The second kappa shape index (κ2) is 5.82. The van der Waals surface area contributed by atoms with Crippen LogP contribution in [0.2, 0.25) is 0 Å². The van der Waals surface area contributed by atoms with Crippen LogP contribution in [0.5, 0.6) is 5.75 Å². The first-order valence-electron chi connectivity index (χ1n) is 6.19. The van der Waals surface area contributed by atoms with Crippen molar-refractivity contribution in [1.82, 2.24) is 10.3 Å². The molecular formula is C14H20N2O. The number of methoxy groups -OCH3 is 1. The summed E-state index contributed by atoms with van der Waals surface area (Å²) >= 11 is 0. The third kappa shape index (κ3) is 3.86. The lowest BCUT2D eigenvalue weighted by atomic mass is 10.1. The molecule has 0 saturated heterocycles. The van der Waals surface area contributed by atoms with Crippen LogP contribution in [-0.4, -0.2) is 24.7 Å². The Bertz CT molecular complexity index is 397. The Hall–Kier alpha value is -1.35. The Morgan fingerprint density at radius 3 is 3.06 bits per heavy atom. The highest BCUT2D eigenvalue weighted by Gasteiger charge is 2.19. The first kappa shape index (κ1) is 12.1. The van der Waals surface area contributed by atoms with Gasteiger partial charge in [-0.05, 0) is 49.9 Å². The molecule has 1 aliphatic rings. The highest BCUT2D eigenvalue weighted by Crippen LogP contribution is 2.20. The molecule has 0 atom stereocenters. The number of hydrogen-bond acceptors (Lipinski definition) is 3. The Morgan fingerprint density at radius 1 is 1.53 bits per heavy atom. The van der Waals surface area contributed by atoms with E-state index in [9.17, 15) is 0 Å². The van der Waals surface area contributed by atoms with E-state index < -0.39 is 0 Å². The van der Waals surface area contributed by atoms with Crippen molar-refractivity contribution in [2.75, 3.05) is 13.7 Å². The molecule has 17 heavy (non-hydrogen) atoms. The quantitative estimate of drug-likeness (QED) is 0.766. The van der Waals surface area contributed by atoms with Gasteiger partial charge >= 0.3 is 0 Å². The second-order valence-corrected chi connectivity index (χ2v) is 4.52. The molecule has 1 aromatic heterocycles. The Balaban J connectivity index is 1.87. The maximum Gasteiger partial charge on any atom is 0.137 e. The van der Waals surface area contributed by atoms with Gasteiger partial charge in [0.1, 0.15) is 5.75 Å². The van der Waals surface area contributed by atoms with Crippen molar-refractivity contribution in [1.29, 1.82) is 0 Å². The monoisotopic (exact) mass is 232 g/mol. The summed E-state index contributed by atoms with van der Waals surface area (Å²) in [6.45, 7) is 3.19. The molecule has 3 heteroatoms. The third-order valence-corrected chi connectivity index (χ3v) is 3.01. The molecule has 1 aromatic rings. The molecule has 1 heterocycles. The van der Waals surface area contributed by atoms with E-state index in [4.69, 9.17) is 4.74 Å². The summed E-state index contributed by atoms with van der Waals surface area (Å²) in [5.74, 6) is 0.811. The van der Waals surface area contributed by atoms with Gasteiger partial charge in [0.05, 0.1) is 13.3 Å². The first-order chi connectivity index (χ1) is 8.29. The SMILES string of the molecule is COc1cncc(/C(C)=C/CCNC2CC2)c1. The summed E-state index contributed by atoms with van der Waals surface area (Å²) in [6, 6.07) is 2.81. The molecule has 0 spiro atoms. The molecule has 92 valence electrons. The maximum atomic E-state index is 5.17. The Kier molecular flexibility index (Phi) is 4.15. The minimum Gasteiger partial charge on any atom is -0.495 e. The summed E-state index contributed by atoms with van der Waals surface area (Å²) in [4.78, 5) is 4.16. The number of allylic oxidation sites excluding steroid dienone is 1. The van der Waals surface area contributed by atoms with E-state index in [0.29, 0.717) is 0 Å². The van der Waals surface area contributed by atoms with E-state index in [0.717, 1.165) is 30.3 Å². The van der Waals surface area contributed by atoms with E-state index in [-0.39, 0.29) is 0 Å². The van der Waals surface area contributed by atoms with Crippen molar-refractivity contribution < 1.29 is 4.74 Å². The van der Waals surface area contributed by atoms with Gasteiger partial charge < -0.3 is 10.1 Å². The number of aromatic nitrogens is 1.